The highest BCUT2D eigenvalue weighted by atomic mass is 35.5. The summed E-state index contributed by atoms with van der Waals surface area (Å²) in [7, 11) is -0.945. The maximum Gasteiger partial charge on any atom is 0.315 e. The van der Waals surface area contributed by atoms with E-state index < -0.39 is 16.8 Å². The Labute approximate surface area is 131 Å². The van der Waals surface area contributed by atoms with E-state index in [0.717, 1.165) is 5.56 Å². The summed E-state index contributed by atoms with van der Waals surface area (Å²) >= 11 is 5.76. The summed E-state index contributed by atoms with van der Waals surface area (Å²) in [5.74, 6) is 0.0798. The zero-order chi connectivity index (χ0) is 15.7. The summed E-state index contributed by atoms with van der Waals surface area (Å²) in [6.07, 6.45) is 1.56. The average Bonchev–Trinajstić information content (AvgIpc) is 2.44. The number of benzene rings is 1. The van der Waals surface area contributed by atoms with E-state index in [9.17, 15) is 13.8 Å². The Morgan fingerprint density at radius 2 is 1.81 bits per heavy atom. The lowest BCUT2D eigenvalue weighted by atomic mass is 10.2. The average molecular weight is 332 g/mol. The smallest absolute Gasteiger partial charge is 0.315 e. The third-order valence-corrected chi connectivity index (χ3v) is 3.52. The number of hydrogen-bond acceptors (Lipinski definition) is 3. The van der Waals surface area contributed by atoms with Crippen molar-refractivity contribution < 1.29 is 13.8 Å². The summed E-state index contributed by atoms with van der Waals surface area (Å²) in [6.45, 7) is 0.554. The molecule has 1 unspecified atom stereocenters. The van der Waals surface area contributed by atoms with Gasteiger partial charge in [0.25, 0.3) is 0 Å². The maximum atomic E-state index is 11.5. The van der Waals surface area contributed by atoms with Gasteiger partial charge in [-0.2, -0.15) is 0 Å². The van der Waals surface area contributed by atoms with E-state index in [0.29, 0.717) is 23.9 Å². The van der Waals surface area contributed by atoms with Crippen molar-refractivity contribution in [1.29, 1.82) is 0 Å². The molecule has 0 aliphatic carbocycles. The predicted octanol–water partition coefficient (Wildman–Crippen LogP) is 0.634. The minimum absolute atomic E-state index is 0.122. The van der Waals surface area contributed by atoms with Crippen LogP contribution >= 0.6 is 11.6 Å². The van der Waals surface area contributed by atoms with Gasteiger partial charge in [-0.25, -0.2) is 4.79 Å². The monoisotopic (exact) mass is 331 g/mol. The Kier molecular flexibility index (Phi) is 7.78. The molecule has 0 spiro atoms. The van der Waals surface area contributed by atoms with Crippen LogP contribution in [0.4, 0.5) is 4.79 Å². The van der Waals surface area contributed by atoms with Crippen molar-refractivity contribution in [1.82, 2.24) is 16.0 Å². The predicted molar refractivity (Wildman–Crippen MR) is 83.6 cm³/mol. The van der Waals surface area contributed by atoms with Gasteiger partial charge in [-0.15, -0.1) is 0 Å². The summed E-state index contributed by atoms with van der Waals surface area (Å²) in [6, 6.07) is 6.66. The van der Waals surface area contributed by atoms with Crippen molar-refractivity contribution in [3.8, 4) is 0 Å². The number of nitrogens with one attached hydrogen (secondary N) is 3. The van der Waals surface area contributed by atoms with Gasteiger partial charge in [0.05, 0.1) is 6.54 Å². The Morgan fingerprint density at radius 3 is 2.43 bits per heavy atom. The van der Waals surface area contributed by atoms with Crippen LogP contribution in [-0.2, 0) is 22.1 Å². The van der Waals surface area contributed by atoms with Crippen LogP contribution in [0.1, 0.15) is 5.56 Å². The highest BCUT2D eigenvalue weighted by molar-refractivity contribution is 7.84. The van der Waals surface area contributed by atoms with Crippen LogP contribution in [-0.4, -0.2) is 41.2 Å². The number of halogens is 1. The van der Waals surface area contributed by atoms with Crippen LogP contribution in [0.3, 0.4) is 0 Å². The molecule has 0 heterocycles. The van der Waals surface area contributed by atoms with Gasteiger partial charge in [-0.3, -0.25) is 9.00 Å². The highest BCUT2D eigenvalue weighted by Crippen LogP contribution is 2.08. The summed E-state index contributed by atoms with van der Waals surface area (Å²) in [5.41, 5.74) is 0.907. The molecule has 0 saturated carbocycles. The van der Waals surface area contributed by atoms with Gasteiger partial charge < -0.3 is 16.0 Å². The van der Waals surface area contributed by atoms with E-state index in [4.69, 9.17) is 11.6 Å². The molecular formula is C13H18ClN3O3S. The van der Waals surface area contributed by atoms with E-state index in [-0.39, 0.29) is 12.5 Å². The zero-order valence-electron chi connectivity index (χ0n) is 11.6. The first-order valence-corrected chi connectivity index (χ1v) is 8.41. The molecule has 0 saturated heterocycles. The SMILES string of the molecule is CS(=O)CCNC(=O)CNC(=O)NCc1ccc(Cl)cc1. The fourth-order valence-corrected chi connectivity index (χ4v) is 1.92. The summed E-state index contributed by atoms with van der Waals surface area (Å²) in [4.78, 5) is 22.9. The summed E-state index contributed by atoms with van der Waals surface area (Å²) < 4.78 is 10.8. The largest absolute Gasteiger partial charge is 0.354 e. The Morgan fingerprint density at radius 1 is 1.14 bits per heavy atom. The van der Waals surface area contributed by atoms with Gasteiger partial charge >= 0.3 is 6.03 Å². The Bertz CT molecular complexity index is 508. The molecule has 0 fully saturated rings. The fourth-order valence-electron chi connectivity index (χ4n) is 1.40. The molecule has 0 aliphatic rings. The molecule has 1 rings (SSSR count). The van der Waals surface area contributed by atoms with Gasteiger partial charge in [-0.05, 0) is 17.7 Å². The second-order valence-electron chi connectivity index (χ2n) is 4.29. The lowest BCUT2D eigenvalue weighted by molar-refractivity contribution is -0.119. The standard InChI is InChI=1S/C13H18ClN3O3S/c1-21(20)7-6-15-12(18)9-17-13(19)16-8-10-2-4-11(14)5-3-10/h2-5H,6-9H2,1H3,(H,15,18)(H2,16,17,19). The summed E-state index contributed by atoms with van der Waals surface area (Å²) in [5, 5.41) is 8.26. The van der Waals surface area contributed by atoms with Crippen molar-refractivity contribution in [2.24, 2.45) is 0 Å². The van der Waals surface area contributed by atoms with Crippen LogP contribution in [0.25, 0.3) is 0 Å². The van der Waals surface area contributed by atoms with Crippen molar-refractivity contribution in [2.45, 2.75) is 6.54 Å². The van der Waals surface area contributed by atoms with Crippen LogP contribution in [0.2, 0.25) is 5.02 Å². The quantitative estimate of drug-likeness (QED) is 0.685. The molecule has 21 heavy (non-hydrogen) atoms. The Balaban J connectivity index is 2.17. The molecule has 0 aliphatic heterocycles. The normalized spacial score (nSPS) is 11.5. The first kappa shape index (κ1) is 17.5. The maximum absolute atomic E-state index is 11.5. The fraction of sp³-hybridized carbons (Fsp3) is 0.385. The van der Waals surface area contributed by atoms with E-state index in [1.807, 2.05) is 0 Å². The third kappa shape index (κ3) is 8.31. The lowest BCUT2D eigenvalue weighted by Gasteiger charge is -2.08. The van der Waals surface area contributed by atoms with Gasteiger partial charge in [0.2, 0.25) is 5.91 Å². The second-order valence-corrected chi connectivity index (χ2v) is 6.28. The van der Waals surface area contributed by atoms with Gasteiger partial charge in [0.15, 0.2) is 0 Å². The molecule has 1 atom stereocenters. The van der Waals surface area contributed by atoms with Crippen molar-refractivity contribution in [3.05, 3.63) is 34.9 Å². The number of hydrogen-bond donors (Lipinski definition) is 3. The molecule has 0 aromatic heterocycles. The first-order chi connectivity index (χ1) is 9.97. The zero-order valence-corrected chi connectivity index (χ0v) is 13.2. The van der Waals surface area contributed by atoms with Gasteiger partial charge in [0.1, 0.15) is 0 Å². The molecule has 1 aromatic carbocycles. The van der Waals surface area contributed by atoms with Crippen LogP contribution in [0.5, 0.6) is 0 Å². The molecular weight excluding hydrogens is 314 g/mol. The first-order valence-electron chi connectivity index (χ1n) is 6.30. The number of amides is 3. The molecule has 0 bridgehead atoms. The number of carbonyl (C=O) groups excluding carboxylic acids is 2. The molecule has 116 valence electrons. The third-order valence-electron chi connectivity index (χ3n) is 2.49. The molecule has 6 nitrogen and oxygen atoms in total. The van der Waals surface area contributed by atoms with Crippen molar-refractivity contribution in [3.63, 3.8) is 0 Å². The van der Waals surface area contributed by atoms with Gasteiger partial charge in [-0.1, -0.05) is 23.7 Å². The van der Waals surface area contributed by atoms with E-state index in [2.05, 4.69) is 16.0 Å². The van der Waals surface area contributed by atoms with E-state index in [1.54, 1.807) is 30.5 Å². The minimum Gasteiger partial charge on any atom is -0.354 e. The van der Waals surface area contributed by atoms with E-state index >= 15 is 0 Å². The van der Waals surface area contributed by atoms with Gasteiger partial charge in [0, 0.05) is 40.9 Å². The van der Waals surface area contributed by atoms with E-state index in [1.165, 1.54) is 0 Å². The minimum atomic E-state index is -0.945. The molecule has 1 aromatic rings. The highest BCUT2D eigenvalue weighted by Gasteiger charge is 2.05. The van der Waals surface area contributed by atoms with Crippen molar-refractivity contribution in [2.75, 3.05) is 25.1 Å². The second kappa shape index (κ2) is 9.36. The van der Waals surface area contributed by atoms with Crippen LogP contribution in [0.15, 0.2) is 24.3 Å². The van der Waals surface area contributed by atoms with Crippen molar-refractivity contribution >= 4 is 34.3 Å². The molecule has 3 N–H and O–H groups in total. The molecule has 3 amide bonds. The van der Waals surface area contributed by atoms with Crippen LogP contribution < -0.4 is 16.0 Å². The Hall–Kier alpha value is -1.60. The number of rotatable bonds is 7. The molecule has 0 radical (unpaired) electrons. The number of carbonyl (C=O) groups is 2. The lowest BCUT2D eigenvalue weighted by Crippen LogP contribution is -2.42. The number of urea groups is 1. The molecule has 8 heteroatoms. The topological polar surface area (TPSA) is 87.3 Å². The van der Waals surface area contributed by atoms with Crippen LogP contribution in [0, 0.1) is 0 Å².